The molecule has 1 saturated heterocycles. The van der Waals surface area contributed by atoms with Crippen molar-refractivity contribution in [2.24, 2.45) is 11.7 Å². The summed E-state index contributed by atoms with van der Waals surface area (Å²) in [5.74, 6) is 0.448. The van der Waals surface area contributed by atoms with Gasteiger partial charge < -0.3 is 5.73 Å². The van der Waals surface area contributed by atoms with E-state index in [1.807, 2.05) is 0 Å². The van der Waals surface area contributed by atoms with Crippen molar-refractivity contribution >= 4 is 12.4 Å². The van der Waals surface area contributed by atoms with Crippen LogP contribution in [0.15, 0.2) is 6.07 Å². The van der Waals surface area contributed by atoms with E-state index in [1.54, 1.807) is 0 Å². The van der Waals surface area contributed by atoms with E-state index in [0.717, 1.165) is 32.0 Å². The molecule has 0 aliphatic carbocycles. The SMILES string of the molecule is Cl.NCC1CCCN(Cc2cc(C(F)(F)F)n[nH]2)C1. The van der Waals surface area contributed by atoms with E-state index in [-0.39, 0.29) is 12.4 Å². The van der Waals surface area contributed by atoms with Gasteiger partial charge in [0, 0.05) is 18.8 Å². The molecule has 1 unspecified atom stereocenters. The molecule has 19 heavy (non-hydrogen) atoms. The van der Waals surface area contributed by atoms with Crippen molar-refractivity contribution in [1.29, 1.82) is 0 Å². The van der Waals surface area contributed by atoms with Crippen LogP contribution in [0.5, 0.6) is 0 Å². The van der Waals surface area contributed by atoms with E-state index in [9.17, 15) is 13.2 Å². The van der Waals surface area contributed by atoms with Gasteiger partial charge in [0.1, 0.15) is 0 Å². The number of alkyl halides is 3. The maximum absolute atomic E-state index is 12.4. The highest BCUT2D eigenvalue weighted by molar-refractivity contribution is 5.85. The quantitative estimate of drug-likeness (QED) is 0.897. The lowest BCUT2D eigenvalue weighted by Gasteiger charge is -2.31. The number of nitrogens with two attached hydrogens (primary N) is 1. The molecule has 1 atom stereocenters. The van der Waals surface area contributed by atoms with Crippen molar-refractivity contribution in [2.75, 3.05) is 19.6 Å². The fraction of sp³-hybridized carbons (Fsp3) is 0.727. The van der Waals surface area contributed by atoms with Gasteiger partial charge in [-0.2, -0.15) is 18.3 Å². The third-order valence-electron chi connectivity index (χ3n) is 3.25. The number of likely N-dealkylation sites (tertiary alicyclic amines) is 1. The average Bonchev–Trinajstić information content (AvgIpc) is 2.77. The van der Waals surface area contributed by atoms with Crippen molar-refractivity contribution < 1.29 is 13.2 Å². The Balaban J connectivity index is 0.00000180. The first-order valence-electron chi connectivity index (χ1n) is 6.03. The zero-order chi connectivity index (χ0) is 13.2. The lowest BCUT2D eigenvalue weighted by molar-refractivity contribution is -0.141. The van der Waals surface area contributed by atoms with Crippen LogP contribution in [-0.2, 0) is 12.7 Å². The molecular formula is C11H18ClF3N4. The Labute approximate surface area is 115 Å². The number of H-pyrrole nitrogens is 1. The second kappa shape index (κ2) is 6.58. The number of rotatable bonds is 3. The molecule has 2 heterocycles. The van der Waals surface area contributed by atoms with Crippen molar-refractivity contribution in [2.45, 2.75) is 25.6 Å². The normalized spacial score (nSPS) is 21.2. The fourth-order valence-corrected chi connectivity index (χ4v) is 2.32. The molecule has 4 nitrogen and oxygen atoms in total. The summed E-state index contributed by atoms with van der Waals surface area (Å²) < 4.78 is 37.2. The smallest absolute Gasteiger partial charge is 0.330 e. The second-order valence-electron chi connectivity index (χ2n) is 4.76. The minimum absolute atomic E-state index is 0. The largest absolute Gasteiger partial charge is 0.435 e. The predicted molar refractivity (Wildman–Crippen MR) is 67.9 cm³/mol. The monoisotopic (exact) mass is 298 g/mol. The first kappa shape index (κ1) is 16.3. The van der Waals surface area contributed by atoms with Crippen molar-refractivity contribution in [3.05, 3.63) is 17.5 Å². The summed E-state index contributed by atoms with van der Waals surface area (Å²) in [5.41, 5.74) is 5.27. The van der Waals surface area contributed by atoms with Crippen LogP contribution in [0, 0.1) is 5.92 Å². The Morgan fingerprint density at radius 3 is 2.79 bits per heavy atom. The van der Waals surface area contributed by atoms with Crippen LogP contribution in [0.4, 0.5) is 13.2 Å². The number of aromatic amines is 1. The lowest BCUT2D eigenvalue weighted by Crippen LogP contribution is -2.37. The standard InChI is InChI=1S/C11H17F3N4.ClH/c12-11(13,14)10-4-9(16-17-10)7-18-3-1-2-8(5-15)6-18;/h4,8H,1-3,5-7,15H2,(H,16,17);1H. The van der Waals surface area contributed by atoms with Crippen LogP contribution < -0.4 is 5.73 Å². The minimum atomic E-state index is -4.38. The van der Waals surface area contributed by atoms with E-state index >= 15 is 0 Å². The Morgan fingerprint density at radius 2 is 2.21 bits per heavy atom. The highest BCUT2D eigenvalue weighted by Gasteiger charge is 2.34. The molecule has 1 fully saturated rings. The van der Waals surface area contributed by atoms with Crippen LogP contribution in [-0.4, -0.2) is 34.7 Å². The van der Waals surface area contributed by atoms with Crippen LogP contribution in [0.25, 0.3) is 0 Å². The van der Waals surface area contributed by atoms with Crippen LogP contribution in [0.3, 0.4) is 0 Å². The van der Waals surface area contributed by atoms with Gasteiger partial charge in [0.05, 0.1) is 0 Å². The van der Waals surface area contributed by atoms with Crippen molar-refractivity contribution in [3.63, 3.8) is 0 Å². The average molecular weight is 299 g/mol. The van der Waals surface area contributed by atoms with Gasteiger partial charge in [0.15, 0.2) is 5.69 Å². The second-order valence-corrected chi connectivity index (χ2v) is 4.76. The first-order valence-corrected chi connectivity index (χ1v) is 6.03. The fourth-order valence-electron chi connectivity index (χ4n) is 2.32. The zero-order valence-electron chi connectivity index (χ0n) is 10.4. The summed E-state index contributed by atoms with van der Waals surface area (Å²) >= 11 is 0. The van der Waals surface area contributed by atoms with Gasteiger partial charge in [0.25, 0.3) is 0 Å². The van der Waals surface area contributed by atoms with Gasteiger partial charge in [-0.15, -0.1) is 12.4 Å². The highest BCUT2D eigenvalue weighted by atomic mass is 35.5. The molecule has 8 heteroatoms. The summed E-state index contributed by atoms with van der Waals surface area (Å²) in [7, 11) is 0. The number of hydrogen-bond acceptors (Lipinski definition) is 3. The van der Waals surface area contributed by atoms with Crippen LogP contribution in [0.2, 0.25) is 0 Å². The first-order chi connectivity index (χ1) is 8.49. The third kappa shape index (κ3) is 4.36. The summed E-state index contributed by atoms with van der Waals surface area (Å²) in [5, 5.41) is 5.74. The molecule has 110 valence electrons. The molecule has 0 saturated carbocycles. The van der Waals surface area contributed by atoms with Crippen molar-refractivity contribution in [1.82, 2.24) is 15.1 Å². The van der Waals surface area contributed by atoms with E-state index < -0.39 is 11.9 Å². The molecule has 0 radical (unpaired) electrons. The Hall–Kier alpha value is -0.790. The zero-order valence-corrected chi connectivity index (χ0v) is 11.2. The maximum Gasteiger partial charge on any atom is 0.435 e. The summed E-state index contributed by atoms with van der Waals surface area (Å²) in [6, 6.07) is 1.08. The Kier molecular flexibility index (Phi) is 5.64. The number of nitrogens with one attached hydrogen (secondary N) is 1. The van der Waals surface area contributed by atoms with Gasteiger partial charge in [-0.25, -0.2) is 0 Å². The summed E-state index contributed by atoms with van der Waals surface area (Å²) in [6.45, 7) is 2.85. The number of halogens is 4. The van der Waals surface area contributed by atoms with E-state index in [0.29, 0.717) is 24.7 Å². The molecule has 2 rings (SSSR count). The minimum Gasteiger partial charge on any atom is -0.330 e. The number of piperidine rings is 1. The predicted octanol–water partition coefficient (Wildman–Crippen LogP) is 2.02. The molecular weight excluding hydrogens is 281 g/mol. The highest BCUT2D eigenvalue weighted by Crippen LogP contribution is 2.28. The van der Waals surface area contributed by atoms with Crippen molar-refractivity contribution in [3.8, 4) is 0 Å². The molecule has 0 amide bonds. The molecule has 0 aromatic carbocycles. The van der Waals surface area contributed by atoms with Gasteiger partial charge >= 0.3 is 6.18 Å². The number of hydrogen-bond donors (Lipinski definition) is 2. The lowest BCUT2D eigenvalue weighted by atomic mass is 9.98. The number of nitrogens with zero attached hydrogens (tertiary/aromatic N) is 2. The third-order valence-corrected chi connectivity index (χ3v) is 3.25. The molecule has 1 aromatic rings. The Bertz CT molecular complexity index is 394. The molecule has 0 bridgehead atoms. The molecule has 0 spiro atoms. The van der Waals surface area contributed by atoms with E-state index in [2.05, 4.69) is 15.1 Å². The molecule has 1 aliphatic heterocycles. The van der Waals surface area contributed by atoms with E-state index in [4.69, 9.17) is 5.73 Å². The summed E-state index contributed by atoms with van der Waals surface area (Å²) in [6.07, 6.45) is -2.23. The van der Waals surface area contributed by atoms with Gasteiger partial charge in [-0.1, -0.05) is 0 Å². The van der Waals surface area contributed by atoms with Gasteiger partial charge in [-0.3, -0.25) is 10.00 Å². The Morgan fingerprint density at radius 1 is 1.47 bits per heavy atom. The topological polar surface area (TPSA) is 57.9 Å². The van der Waals surface area contributed by atoms with Crippen LogP contribution in [0.1, 0.15) is 24.2 Å². The van der Waals surface area contributed by atoms with Gasteiger partial charge in [0.2, 0.25) is 0 Å². The summed E-state index contributed by atoms with van der Waals surface area (Å²) in [4.78, 5) is 2.12. The van der Waals surface area contributed by atoms with E-state index in [1.165, 1.54) is 0 Å². The van der Waals surface area contributed by atoms with Crippen LogP contribution >= 0.6 is 12.4 Å². The molecule has 1 aliphatic rings. The van der Waals surface area contributed by atoms with Gasteiger partial charge in [-0.05, 0) is 37.9 Å². The molecule has 1 aromatic heterocycles. The maximum atomic E-state index is 12.4. The number of aromatic nitrogens is 2. The molecule has 3 N–H and O–H groups in total.